The van der Waals surface area contributed by atoms with Crippen molar-refractivity contribution >= 4 is 0 Å². The summed E-state index contributed by atoms with van der Waals surface area (Å²) in [6.07, 6.45) is 3.20. The lowest BCUT2D eigenvalue weighted by atomic mass is 10.3. The minimum absolute atomic E-state index is 0.0853. The van der Waals surface area contributed by atoms with Gasteiger partial charge in [-0.15, -0.1) is 5.92 Å². The number of unbranched alkanes of at least 4 members (excludes halogenated alkanes) is 1. The maximum Gasteiger partial charge on any atom is 0.104 e. The highest BCUT2D eigenvalue weighted by Crippen LogP contribution is 1.82. The fourth-order valence-electron chi connectivity index (χ4n) is 0.608. The van der Waals surface area contributed by atoms with Gasteiger partial charge in [0.2, 0.25) is 0 Å². The van der Waals surface area contributed by atoms with Gasteiger partial charge in [0.1, 0.15) is 6.61 Å². The predicted octanol–water partition coefficient (Wildman–Crippen LogP) is 1.57. The molecule has 0 aliphatic rings. The van der Waals surface area contributed by atoms with Gasteiger partial charge in [0.15, 0.2) is 0 Å². The lowest BCUT2D eigenvalue weighted by Gasteiger charge is -1.76. The molecule has 0 aliphatic heterocycles. The zero-order valence-corrected chi connectivity index (χ0v) is 7.98. The van der Waals surface area contributed by atoms with Gasteiger partial charge in [0.05, 0.1) is 12.8 Å². The summed E-state index contributed by atoms with van der Waals surface area (Å²) in [5.41, 5.74) is 0. The van der Waals surface area contributed by atoms with Crippen LogP contribution in [0.4, 0.5) is 0 Å². The molecule has 0 aliphatic carbocycles. The van der Waals surface area contributed by atoms with Crippen LogP contribution in [0.3, 0.4) is 0 Å². The summed E-state index contributed by atoms with van der Waals surface area (Å²) >= 11 is 0. The summed E-state index contributed by atoms with van der Waals surface area (Å²) in [6.45, 7) is 2.02. The van der Waals surface area contributed by atoms with Crippen LogP contribution in [0.25, 0.3) is 0 Å². The molecule has 0 saturated carbocycles. The van der Waals surface area contributed by atoms with Gasteiger partial charge in [-0.1, -0.05) is 36.5 Å². The second-order valence-electron chi connectivity index (χ2n) is 2.32. The number of hydrogen-bond acceptors (Lipinski definition) is 1. The second-order valence-corrected chi connectivity index (χ2v) is 2.32. The Bertz CT molecular complexity index is 282. The maximum atomic E-state index is 8.32. The SMILES string of the molecule is CCCC#CCC#CCC#CCO. The second kappa shape index (κ2) is 10.6. The van der Waals surface area contributed by atoms with Crippen molar-refractivity contribution in [3.8, 4) is 35.5 Å². The molecular formula is C12H14O. The van der Waals surface area contributed by atoms with Gasteiger partial charge < -0.3 is 5.11 Å². The molecule has 1 N–H and O–H groups in total. The van der Waals surface area contributed by atoms with Gasteiger partial charge in [-0.3, -0.25) is 0 Å². The van der Waals surface area contributed by atoms with Crippen LogP contribution in [0.1, 0.15) is 32.6 Å². The van der Waals surface area contributed by atoms with Crippen molar-refractivity contribution in [3.05, 3.63) is 0 Å². The molecule has 1 heteroatoms. The summed E-state index contributed by atoms with van der Waals surface area (Å²) in [5.74, 6) is 17.0. The average molecular weight is 174 g/mol. The lowest BCUT2D eigenvalue weighted by Crippen LogP contribution is -1.70. The van der Waals surface area contributed by atoms with E-state index in [4.69, 9.17) is 5.11 Å². The number of aliphatic hydroxyl groups is 1. The normalized spacial score (nSPS) is 6.92. The number of aliphatic hydroxyl groups excluding tert-OH is 1. The Morgan fingerprint density at radius 1 is 0.846 bits per heavy atom. The van der Waals surface area contributed by atoms with E-state index in [1.54, 1.807) is 0 Å². The van der Waals surface area contributed by atoms with Crippen molar-refractivity contribution in [1.29, 1.82) is 0 Å². The Morgan fingerprint density at radius 3 is 1.92 bits per heavy atom. The Kier molecular flexibility index (Phi) is 9.53. The van der Waals surface area contributed by atoms with Crippen molar-refractivity contribution in [2.45, 2.75) is 32.6 Å². The fourth-order valence-corrected chi connectivity index (χ4v) is 0.608. The van der Waals surface area contributed by atoms with Crippen molar-refractivity contribution in [1.82, 2.24) is 0 Å². The zero-order chi connectivity index (χ0) is 9.78. The molecule has 0 aromatic rings. The van der Waals surface area contributed by atoms with Crippen LogP contribution < -0.4 is 0 Å². The molecule has 0 atom stereocenters. The Hall–Kier alpha value is -1.36. The lowest BCUT2D eigenvalue weighted by molar-refractivity contribution is 0.350. The monoisotopic (exact) mass is 174 g/mol. The highest BCUT2D eigenvalue weighted by atomic mass is 16.2. The van der Waals surface area contributed by atoms with Crippen LogP contribution in [0.5, 0.6) is 0 Å². The van der Waals surface area contributed by atoms with Crippen LogP contribution >= 0.6 is 0 Å². The molecule has 0 saturated heterocycles. The highest BCUT2D eigenvalue weighted by Gasteiger charge is 1.70. The van der Waals surface area contributed by atoms with E-state index in [0.717, 1.165) is 12.8 Å². The van der Waals surface area contributed by atoms with Crippen LogP contribution in [-0.2, 0) is 0 Å². The van der Waals surface area contributed by atoms with E-state index in [-0.39, 0.29) is 6.61 Å². The first-order valence-corrected chi connectivity index (χ1v) is 4.39. The van der Waals surface area contributed by atoms with Crippen LogP contribution in [-0.4, -0.2) is 11.7 Å². The molecule has 13 heavy (non-hydrogen) atoms. The molecule has 0 aromatic carbocycles. The minimum Gasteiger partial charge on any atom is -0.384 e. The van der Waals surface area contributed by atoms with E-state index >= 15 is 0 Å². The molecule has 0 heterocycles. The molecule has 0 spiro atoms. The average Bonchev–Trinajstić information content (AvgIpc) is 2.16. The van der Waals surface area contributed by atoms with Gasteiger partial charge in [-0.25, -0.2) is 0 Å². The summed E-state index contributed by atoms with van der Waals surface area (Å²) in [4.78, 5) is 0. The zero-order valence-electron chi connectivity index (χ0n) is 7.98. The molecule has 0 bridgehead atoms. The Balaban J connectivity index is 3.47. The number of rotatable bonds is 1. The predicted molar refractivity (Wildman–Crippen MR) is 54.6 cm³/mol. The summed E-state index contributed by atoms with van der Waals surface area (Å²) < 4.78 is 0. The fraction of sp³-hybridized carbons (Fsp3) is 0.500. The van der Waals surface area contributed by atoms with Gasteiger partial charge >= 0.3 is 0 Å². The van der Waals surface area contributed by atoms with E-state index in [1.165, 1.54) is 0 Å². The molecule has 0 radical (unpaired) electrons. The molecule has 0 aromatic heterocycles. The molecule has 0 fully saturated rings. The van der Waals surface area contributed by atoms with E-state index in [2.05, 4.69) is 42.4 Å². The van der Waals surface area contributed by atoms with E-state index < -0.39 is 0 Å². The van der Waals surface area contributed by atoms with Crippen molar-refractivity contribution < 1.29 is 5.11 Å². The maximum absolute atomic E-state index is 8.32. The van der Waals surface area contributed by atoms with Gasteiger partial charge in [-0.05, 0) is 6.42 Å². The van der Waals surface area contributed by atoms with Gasteiger partial charge in [0.25, 0.3) is 0 Å². The highest BCUT2D eigenvalue weighted by molar-refractivity contribution is 5.16. The molecule has 0 unspecified atom stereocenters. The van der Waals surface area contributed by atoms with E-state index in [0.29, 0.717) is 12.8 Å². The van der Waals surface area contributed by atoms with Crippen molar-refractivity contribution in [2.24, 2.45) is 0 Å². The van der Waals surface area contributed by atoms with E-state index in [9.17, 15) is 0 Å². The van der Waals surface area contributed by atoms with Crippen LogP contribution in [0.2, 0.25) is 0 Å². The standard InChI is InChI=1S/C12H14O/c1-2-3-4-5-6-7-8-9-10-11-12-13/h13H,2-3,6,9,12H2,1H3. The third-order valence-corrected chi connectivity index (χ3v) is 1.18. The molecule has 68 valence electrons. The largest absolute Gasteiger partial charge is 0.384 e. The van der Waals surface area contributed by atoms with Crippen LogP contribution in [0, 0.1) is 35.5 Å². The van der Waals surface area contributed by atoms with Gasteiger partial charge in [-0.2, -0.15) is 0 Å². The third kappa shape index (κ3) is 10.6. The van der Waals surface area contributed by atoms with Crippen molar-refractivity contribution in [2.75, 3.05) is 6.61 Å². The summed E-state index contributed by atoms with van der Waals surface area (Å²) in [6, 6.07) is 0. The van der Waals surface area contributed by atoms with Gasteiger partial charge in [0, 0.05) is 6.42 Å². The Morgan fingerprint density at radius 2 is 1.38 bits per heavy atom. The first-order valence-electron chi connectivity index (χ1n) is 4.39. The first kappa shape index (κ1) is 11.6. The minimum atomic E-state index is -0.0853. The third-order valence-electron chi connectivity index (χ3n) is 1.18. The quantitative estimate of drug-likeness (QED) is 0.598. The van der Waals surface area contributed by atoms with Crippen molar-refractivity contribution in [3.63, 3.8) is 0 Å². The summed E-state index contributed by atoms with van der Waals surface area (Å²) in [7, 11) is 0. The topological polar surface area (TPSA) is 20.2 Å². The molecule has 1 nitrogen and oxygen atoms in total. The molecule has 0 amide bonds. The first-order chi connectivity index (χ1) is 6.41. The number of hydrogen-bond donors (Lipinski definition) is 1. The van der Waals surface area contributed by atoms with Crippen LogP contribution in [0.15, 0.2) is 0 Å². The Labute approximate surface area is 80.5 Å². The van der Waals surface area contributed by atoms with E-state index in [1.807, 2.05) is 0 Å². The smallest absolute Gasteiger partial charge is 0.104 e. The summed E-state index contributed by atoms with van der Waals surface area (Å²) in [5, 5.41) is 8.32. The molecular weight excluding hydrogens is 160 g/mol. The molecule has 0 rings (SSSR count).